The van der Waals surface area contributed by atoms with Gasteiger partial charge in [0.2, 0.25) is 5.16 Å². The fourth-order valence-corrected chi connectivity index (χ4v) is 2.82. The number of alkyl halides is 2. The number of imidazole rings is 1. The zero-order valence-corrected chi connectivity index (χ0v) is 12.8. The number of methoxy groups -OCH3 is 1. The minimum atomic E-state index is -2.63. The van der Waals surface area contributed by atoms with Crippen LogP contribution < -0.4 is 4.74 Å². The lowest BCUT2D eigenvalue weighted by molar-refractivity contribution is 0.0678. The van der Waals surface area contributed by atoms with Gasteiger partial charge < -0.3 is 4.74 Å². The molecule has 3 aromatic rings. The van der Waals surface area contributed by atoms with Gasteiger partial charge in [0.1, 0.15) is 17.3 Å². The van der Waals surface area contributed by atoms with Crippen LogP contribution in [0.2, 0.25) is 0 Å². The summed E-state index contributed by atoms with van der Waals surface area (Å²) < 4.78 is 33.2. The van der Waals surface area contributed by atoms with Crippen molar-refractivity contribution in [3.63, 3.8) is 0 Å². The molecule has 2 heterocycles. The van der Waals surface area contributed by atoms with Crippen molar-refractivity contribution >= 4 is 11.8 Å². The highest BCUT2D eigenvalue weighted by Gasteiger charge is 2.16. The second-order valence-electron chi connectivity index (χ2n) is 4.36. The number of hydrogen-bond acceptors (Lipinski definition) is 6. The summed E-state index contributed by atoms with van der Waals surface area (Å²) >= 11 is 1.21. The largest absolute Gasteiger partial charge is 0.494 e. The maximum absolute atomic E-state index is 12.8. The van der Waals surface area contributed by atoms with Crippen molar-refractivity contribution in [2.24, 2.45) is 0 Å². The first kappa shape index (κ1) is 15.4. The molecular weight excluding hydrogens is 326 g/mol. The fourth-order valence-electron chi connectivity index (χ4n) is 1.99. The number of ether oxygens (including phenoxy) is 1. The van der Waals surface area contributed by atoms with Gasteiger partial charge in [0.25, 0.3) is 0 Å². The number of benzene rings is 1. The molecule has 7 nitrogen and oxygen atoms in total. The summed E-state index contributed by atoms with van der Waals surface area (Å²) in [7, 11) is 1.55. The second-order valence-corrected chi connectivity index (χ2v) is 5.30. The molecule has 120 valence electrons. The molecule has 0 saturated heterocycles. The van der Waals surface area contributed by atoms with Crippen LogP contribution in [0.1, 0.15) is 12.4 Å². The molecule has 2 aromatic heterocycles. The first-order valence-electron chi connectivity index (χ1n) is 6.55. The maximum atomic E-state index is 12.8. The number of para-hydroxylation sites is 2. The zero-order chi connectivity index (χ0) is 16.2. The second kappa shape index (κ2) is 6.73. The number of hydrogen-bond donors (Lipinski definition) is 0. The van der Waals surface area contributed by atoms with Crippen LogP contribution in [0.4, 0.5) is 8.78 Å². The van der Waals surface area contributed by atoms with Crippen molar-refractivity contribution in [1.29, 1.82) is 0 Å². The predicted molar refractivity (Wildman–Crippen MR) is 78.7 cm³/mol. The minimum absolute atomic E-state index is 0.215. The summed E-state index contributed by atoms with van der Waals surface area (Å²) in [5.74, 6) is 1.07. The molecule has 1 aromatic carbocycles. The molecule has 0 bridgehead atoms. The van der Waals surface area contributed by atoms with Crippen molar-refractivity contribution in [1.82, 2.24) is 29.8 Å². The van der Waals surface area contributed by atoms with E-state index in [1.807, 2.05) is 12.1 Å². The third-order valence-electron chi connectivity index (χ3n) is 3.04. The number of tetrazole rings is 1. The summed E-state index contributed by atoms with van der Waals surface area (Å²) in [6.45, 7) is -2.63. The quantitative estimate of drug-likeness (QED) is 0.643. The Labute approximate surface area is 134 Å². The number of nitrogens with zero attached hydrogens (tertiary/aromatic N) is 6. The average molecular weight is 338 g/mol. The summed E-state index contributed by atoms with van der Waals surface area (Å²) in [5.41, 5.74) is 0.666. The van der Waals surface area contributed by atoms with E-state index in [1.54, 1.807) is 19.2 Å². The molecule has 0 spiro atoms. The molecule has 10 heteroatoms. The fraction of sp³-hybridized carbons (Fsp3) is 0.231. The van der Waals surface area contributed by atoms with Crippen LogP contribution in [0.3, 0.4) is 0 Å². The minimum Gasteiger partial charge on any atom is -0.494 e. The highest BCUT2D eigenvalue weighted by atomic mass is 32.2. The molecule has 0 aliphatic rings. The third-order valence-corrected chi connectivity index (χ3v) is 3.96. The van der Waals surface area contributed by atoms with Gasteiger partial charge in [0.05, 0.1) is 12.9 Å². The lowest BCUT2D eigenvalue weighted by Crippen LogP contribution is -2.04. The summed E-state index contributed by atoms with van der Waals surface area (Å²) in [6.07, 6.45) is 2.58. The van der Waals surface area contributed by atoms with E-state index in [0.29, 0.717) is 16.6 Å². The highest BCUT2D eigenvalue weighted by molar-refractivity contribution is 7.98. The molecule has 0 unspecified atom stereocenters. The number of halogens is 2. The number of thioether (sulfide) groups is 1. The molecule has 0 saturated carbocycles. The van der Waals surface area contributed by atoms with Gasteiger partial charge in [0, 0.05) is 12.4 Å². The standard InChI is InChI=1S/C13H12F2N6OS/c1-22-10-5-3-2-4-9(10)21-13(17-18-19-21)23-8-11-16-6-7-20(11)12(14)15/h2-7,12H,8H2,1H3. The van der Waals surface area contributed by atoms with Crippen LogP contribution >= 0.6 is 11.8 Å². The van der Waals surface area contributed by atoms with Crippen LogP contribution in [-0.2, 0) is 5.75 Å². The molecule has 0 aliphatic heterocycles. The van der Waals surface area contributed by atoms with Crippen LogP contribution in [0, 0.1) is 0 Å². The SMILES string of the molecule is COc1ccccc1-n1nnnc1SCc1nccn1C(F)F. The third kappa shape index (κ3) is 3.16. The smallest absolute Gasteiger partial charge is 0.319 e. The molecule has 0 radical (unpaired) electrons. The predicted octanol–water partition coefficient (Wildman–Crippen LogP) is 2.55. The normalized spacial score (nSPS) is 11.1. The van der Waals surface area contributed by atoms with Gasteiger partial charge in [-0.2, -0.15) is 13.5 Å². The molecule has 0 atom stereocenters. The van der Waals surface area contributed by atoms with Crippen molar-refractivity contribution in [2.75, 3.05) is 7.11 Å². The number of rotatable bonds is 6. The Balaban J connectivity index is 1.83. The maximum Gasteiger partial charge on any atom is 0.319 e. The molecular formula is C13H12F2N6OS. The van der Waals surface area contributed by atoms with E-state index in [4.69, 9.17) is 4.74 Å². The van der Waals surface area contributed by atoms with E-state index in [9.17, 15) is 8.78 Å². The van der Waals surface area contributed by atoms with E-state index in [-0.39, 0.29) is 11.6 Å². The van der Waals surface area contributed by atoms with Crippen LogP contribution in [-0.4, -0.2) is 36.9 Å². The van der Waals surface area contributed by atoms with Crippen LogP contribution in [0.15, 0.2) is 41.8 Å². The van der Waals surface area contributed by atoms with Gasteiger partial charge in [-0.05, 0) is 22.6 Å². The summed E-state index contributed by atoms with van der Waals surface area (Å²) in [5, 5.41) is 12.0. The number of aromatic nitrogens is 6. The van der Waals surface area contributed by atoms with Crippen molar-refractivity contribution in [2.45, 2.75) is 17.5 Å². The van der Waals surface area contributed by atoms with Crippen molar-refractivity contribution in [3.8, 4) is 11.4 Å². The molecule has 0 N–H and O–H groups in total. The zero-order valence-electron chi connectivity index (χ0n) is 12.0. The first-order chi connectivity index (χ1) is 11.2. The Morgan fingerprint density at radius 3 is 2.91 bits per heavy atom. The van der Waals surface area contributed by atoms with Crippen molar-refractivity contribution < 1.29 is 13.5 Å². The molecule has 23 heavy (non-hydrogen) atoms. The van der Waals surface area contributed by atoms with E-state index in [2.05, 4.69) is 20.5 Å². The average Bonchev–Trinajstić information content (AvgIpc) is 3.21. The Hall–Kier alpha value is -2.49. The van der Waals surface area contributed by atoms with E-state index in [1.165, 1.54) is 28.8 Å². The monoisotopic (exact) mass is 338 g/mol. The Kier molecular flexibility index (Phi) is 4.51. The van der Waals surface area contributed by atoms with Gasteiger partial charge in [-0.25, -0.2) is 4.98 Å². The van der Waals surface area contributed by atoms with Gasteiger partial charge in [0.15, 0.2) is 0 Å². The van der Waals surface area contributed by atoms with Gasteiger partial charge >= 0.3 is 6.55 Å². The molecule has 0 aliphatic carbocycles. The Morgan fingerprint density at radius 1 is 1.30 bits per heavy atom. The van der Waals surface area contributed by atoms with Crippen LogP contribution in [0.25, 0.3) is 5.69 Å². The molecule has 0 fully saturated rings. The van der Waals surface area contributed by atoms with Crippen molar-refractivity contribution in [3.05, 3.63) is 42.5 Å². The van der Waals surface area contributed by atoms with Gasteiger partial charge in [-0.1, -0.05) is 23.9 Å². The van der Waals surface area contributed by atoms with Gasteiger partial charge in [-0.3, -0.25) is 4.57 Å². The molecule has 0 amide bonds. The molecule has 3 rings (SSSR count). The summed E-state index contributed by atoms with van der Waals surface area (Å²) in [4.78, 5) is 3.93. The Bertz CT molecular complexity index is 790. The van der Waals surface area contributed by atoms with E-state index >= 15 is 0 Å². The first-order valence-corrected chi connectivity index (χ1v) is 7.53. The summed E-state index contributed by atoms with van der Waals surface area (Å²) in [6, 6.07) is 7.25. The van der Waals surface area contributed by atoms with Gasteiger partial charge in [-0.15, -0.1) is 5.10 Å². The lowest BCUT2D eigenvalue weighted by atomic mass is 10.3. The van der Waals surface area contributed by atoms with Crippen LogP contribution in [0.5, 0.6) is 5.75 Å². The lowest BCUT2D eigenvalue weighted by Gasteiger charge is -2.09. The van der Waals surface area contributed by atoms with E-state index < -0.39 is 6.55 Å². The highest BCUT2D eigenvalue weighted by Crippen LogP contribution is 2.27. The van der Waals surface area contributed by atoms with E-state index in [0.717, 1.165) is 4.57 Å². The Morgan fingerprint density at radius 2 is 2.13 bits per heavy atom. The topological polar surface area (TPSA) is 70.7 Å².